The molecule has 6 nitrogen and oxygen atoms in total. The molecule has 2 aromatic heterocycles. The van der Waals surface area contributed by atoms with Crippen LogP contribution in [-0.4, -0.2) is 43.9 Å². The Kier molecular flexibility index (Phi) is 6.92. The Morgan fingerprint density at radius 2 is 1.60 bits per heavy atom. The molecule has 0 aliphatic carbocycles. The van der Waals surface area contributed by atoms with Gasteiger partial charge in [0.1, 0.15) is 5.75 Å². The van der Waals surface area contributed by atoms with Crippen molar-refractivity contribution in [3.8, 4) is 22.8 Å². The molecule has 0 N–H and O–H groups in total. The third-order valence-electron chi connectivity index (χ3n) is 5.47. The maximum Gasteiger partial charge on any atom is 0.204 e. The Morgan fingerprint density at radius 3 is 2.27 bits per heavy atom. The number of aromatic nitrogens is 4. The van der Waals surface area contributed by atoms with Gasteiger partial charge in [0.05, 0.1) is 19.0 Å². The molecule has 30 heavy (non-hydrogen) atoms. The SMILES string of the molecule is CCOc1ccc(-n2c(-c3ccncc3)nn(CN3CCCCCCC3)c2=S)cc1. The minimum atomic E-state index is 0.648. The highest BCUT2D eigenvalue weighted by Gasteiger charge is 2.17. The van der Waals surface area contributed by atoms with Crippen LogP contribution in [-0.2, 0) is 6.67 Å². The van der Waals surface area contributed by atoms with E-state index in [0.29, 0.717) is 11.4 Å². The van der Waals surface area contributed by atoms with E-state index in [2.05, 4.69) is 9.88 Å². The third-order valence-corrected chi connectivity index (χ3v) is 5.86. The molecule has 1 aromatic carbocycles. The van der Waals surface area contributed by atoms with Crippen LogP contribution in [0.5, 0.6) is 5.75 Å². The minimum absolute atomic E-state index is 0.648. The summed E-state index contributed by atoms with van der Waals surface area (Å²) in [6, 6.07) is 12.0. The van der Waals surface area contributed by atoms with E-state index < -0.39 is 0 Å². The molecule has 158 valence electrons. The van der Waals surface area contributed by atoms with E-state index in [1.165, 1.54) is 32.1 Å². The lowest BCUT2D eigenvalue weighted by Crippen LogP contribution is -2.30. The average molecular weight is 424 g/mol. The van der Waals surface area contributed by atoms with Crippen molar-refractivity contribution in [2.45, 2.75) is 45.7 Å². The van der Waals surface area contributed by atoms with Crippen LogP contribution < -0.4 is 4.74 Å². The summed E-state index contributed by atoms with van der Waals surface area (Å²) in [5.74, 6) is 1.69. The Labute approximate surface area is 183 Å². The van der Waals surface area contributed by atoms with Crippen molar-refractivity contribution in [3.63, 3.8) is 0 Å². The smallest absolute Gasteiger partial charge is 0.204 e. The van der Waals surface area contributed by atoms with Gasteiger partial charge in [0.15, 0.2) is 5.82 Å². The molecule has 1 fully saturated rings. The van der Waals surface area contributed by atoms with Crippen molar-refractivity contribution < 1.29 is 4.74 Å². The van der Waals surface area contributed by atoms with Crippen LogP contribution >= 0.6 is 12.2 Å². The van der Waals surface area contributed by atoms with E-state index in [-0.39, 0.29) is 0 Å². The van der Waals surface area contributed by atoms with Gasteiger partial charge in [0, 0.05) is 18.0 Å². The molecule has 7 heteroatoms. The van der Waals surface area contributed by atoms with E-state index in [1.807, 2.05) is 52.6 Å². The zero-order valence-electron chi connectivity index (χ0n) is 17.5. The van der Waals surface area contributed by atoms with E-state index in [9.17, 15) is 0 Å². The first-order valence-corrected chi connectivity index (χ1v) is 11.2. The van der Waals surface area contributed by atoms with Gasteiger partial charge in [-0.1, -0.05) is 19.3 Å². The normalized spacial score (nSPS) is 15.5. The van der Waals surface area contributed by atoms with E-state index in [0.717, 1.165) is 42.6 Å². The lowest BCUT2D eigenvalue weighted by molar-refractivity contribution is 0.188. The molecular formula is C23H29N5OS. The fraction of sp³-hybridized carbons (Fsp3) is 0.435. The second-order valence-electron chi connectivity index (χ2n) is 7.63. The van der Waals surface area contributed by atoms with Gasteiger partial charge >= 0.3 is 0 Å². The van der Waals surface area contributed by atoms with Gasteiger partial charge in [-0.2, -0.15) is 0 Å². The van der Waals surface area contributed by atoms with Crippen LogP contribution in [0.3, 0.4) is 0 Å². The molecule has 0 radical (unpaired) electrons. The van der Waals surface area contributed by atoms with Crippen molar-refractivity contribution in [3.05, 3.63) is 53.6 Å². The van der Waals surface area contributed by atoms with Crippen LogP contribution in [0.25, 0.3) is 17.1 Å². The summed E-state index contributed by atoms with van der Waals surface area (Å²) < 4.78 is 10.3. The quantitative estimate of drug-likeness (QED) is 0.517. The van der Waals surface area contributed by atoms with Gasteiger partial charge < -0.3 is 4.74 Å². The summed E-state index contributed by atoms with van der Waals surface area (Å²) in [5.41, 5.74) is 1.98. The first-order chi connectivity index (χ1) is 14.8. The zero-order valence-corrected chi connectivity index (χ0v) is 18.4. The van der Waals surface area contributed by atoms with Crippen LogP contribution in [0.1, 0.15) is 39.0 Å². The Bertz CT molecular complexity index is 989. The number of pyridine rings is 1. The zero-order chi connectivity index (χ0) is 20.8. The van der Waals surface area contributed by atoms with Gasteiger partial charge in [-0.25, -0.2) is 4.68 Å². The Hall–Kier alpha value is -2.51. The molecule has 1 saturated heterocycles. The van der Waals surface area contributed by atoms with Crippen LogP contribution in [0.15, 0.2) is 48.8 Å². The van der Waals surface area contributed by atoms with Gasteiger partial charge in [0.2, 0.25) is 4.77 Å². The highest BCUT2D eigenvalue weighted by atomic mass is 32.1. The van der Waals surface area contributed by atoms with Crippen LogP contribution in [0.2, 0.25) is 0 Å². The highest BCUT2D eigenvalue weighted by Crippen LogP contribution is 2.24. The lowest BCUT2D eigenvalue weighted by Gasteiger charge is -2.24. The topological polar surface area (TPSA) is 48.1 Å². The number of benzene rings is 1. The van der Waals surface area contributed by atoms with Gasteiger partial charge in [0.25, 0.3) is 0 Å². The average Bonchev–Trinajstić information content (AvgIpc) is 3.07. The van der Waals surface area contributed by atoms with Gasteiger partial charge in [-0.05, 0) is 81.5 Å². The first-order valence-electron chi connectivity index (χ1n) is 10.8. The van der Waals surface area contributed by atoms with Crippen LogP contribution in [0, 0.1) is 4.77 Å². The molecule has 0 atom stereocenters. The number of ether oxygens (including phenoxy) is 1. The van der Waals surface area contributed by atoms with Crippen LogP contribution in [0.4, 0.5) is 0 Å². The highest BCUT2D eigenvalue weighted by molar-refractivity contribution is 7.71. The summed E-state index contributed by atoms with van der Waals surface area (Å²) in [4.78, 5) is 6.63. The predicted octanol–water partition coefficient (Wildman–Crippen LogP) is 5.09. The second-order valence-corrected chi connectivity index (χ2v) is 8.00. The van der Waals surface area contributed by atoms with Crippen molar-refractivity contribution in [2.75, 3.05) is 19.7 Å². The number of hydrogen-bond donors (Lipinski definition) is 0. The molecule has 3 aromatic rings. The predicted molar refractivity (Wildman–Crippen MR) is 121 cm³/mol. The largest absolute Gasteiger partial charge is 0.494 e. The number of hydrogen-bond acceptors (Lipinski definition) is 5. The molecule has 3 heterocycles. The lowest BCUT2D eigenvalue weighted by atomic mass is 10.1. The summed E-state index contributed by atoms with van der Waals surface area (Å²) in [7, 11) is 0. The van der Waals surface area contributed by atoms with E-state index >= 15 is 0 Å². The van der Waals surface area contributed by atoms with Crippen molar-refractivity contribution in [1.82, 2.24) is 24.2 Å². The van der Waals surface area contributed by atoms with Crippen molar-refractivity contribution >= 4 is 12.2 Å². The monoisotopic (exact) mass is 423 g/mol. The molecule has 1 aliphatic rings. The molecule has 0 saturated carbocycles. The summed E-state index contributed by atoms with van der Waals surface area (Å²) >= 11 is 5.90. The van der Waals surface area contributed by atoms with Gasteiger partial charge in [-0.3, -0.25) is 14.5 Å². The molecule has 0 unspecified atom stereocenters. The molecule has 0 spiro atoms. The fourth-order valence-electron chi connectivity index (χ4n) is 3.92. The number of likely N-dealkylation sites (tertiary alicyclic amines) is 1. The molecule has 4 rings (SSSR count). The minimum Gasteiger partial charge on any atom is -0.494 e. The van der Waals surface area contributed by atoms with Crippen molar-refractivity contribution in [1.29, 1.82) is 0 Å². The molecular weight excluding hydrogens is 394 g/mol. The fourth-order valence-corrected chi connectivity index (χ4v) is 4.21. The molecule has 0 bridgehead atoms. The molecule has 0 amide bonds. The first kappa shape index (κ1) is 20.8. The summed E-state index contributed by atoms with van der Waals surface area (Å²) in [5, 5.41) is 4.94. The number of rotatable bonds is 6. The van der Waals surface area contributed by atoms with E-state index in [1.54, 1.807) is 12.4 Å². The summed E-state index contributed by atoms with van der Waals surface area (Å²) in [6.07, 6.45) is 10.0. The maximum atomic E-state index is 5.90. The standard InChI is InChI=1S/C23H29N5OS/c1-2-29-21-10-8-20(9-11-21)28-22(19-12-14-24-15-13-19)25-27(23(28)30)18-26-16-6-4-3-5-7-17-26/h8-15H,2-7,16-18H2,1H3. The van der Waals surface area contributed by atoms with E-state index in [4.69, 9.17) is 22.1 Å². The Morgan fingerprint density at radius 1 is 0.933 bits per heavy atom. The second kappa shape index (κ2) is 10.00. The third kappa shape index (κ3) is 4.79. The summed E-state index contributed by atoms with van der Waals surface area (Å²) in [6.45, 7) is 5.56. The molecule has 1 aliphatic heterocycles. The van der Waals surface area contributed by atoms with Gasteiger partial charge in [-0.15, -0.1) is 5.10 Å². The Balaban J connectivity index is 1.71. The van der Waals surface area contributed by atoms with Crippen molar-refractivity contribution in [2.24, 2.45) is 0 Å². The maximum absolute atomic E-state index is 5.90. The number of nitrogens with zero attached hydrogens (tertiary/aromatic N) is 5.